The van der Waals surface area contributed by atoms with Gasteiger partial charge in [0, 0.05) is 17.6 Å². The van der Waals surface area contributed by atoms with Gasteiger partial charge in [-0.3, -0.25) is 0 Å². The van der Waals surface area contributed by atoms with Crippen molar-refractivity contribution < 1.29 is 8.42 Å². The van der Waals surface area contributed by atoms with Crippen molar-refractivity contribution in [3.63, 3.8) is 0 Å². The molecular weight excluding hydrogens is 294 g/mol. The van der Waals surface area contributed by atoms with Crippen LogP contribution < -0.4 is 15.8 Å². The molecule has 1 rings (SSSR count). The van der Waals surface area contributed by atoms with Gasteiger partial charge in [-0.25, -0.2) is 13.1 Å². The van der Waals surface area contributed by atoms with Gasteiger partial charge in [0.05, 0.1) is 17.6 Å². The molecule has 4 N–H and O–H groups in total. The lowest BCUT2D eigenvalue weighted by molar-refractivity contribution is 0.589. The van der Waals surface area contributed by atoms with Gasteiger partial charge in [-0.05, 0) is 18.2 Å². The molecule has 0 saturated carbocycles. The molecule has 1 aromatic carbocycles. The van der Waals surface area contributed by atoms with Gasteiger partial charge in [0.25, 0.3) is 0 Å². The third-order valence-corrected chi connectivity index (χ3v) is 3.04. The Morgan fingerprint density at radius 3 is 2.62 bits per heavy atom. The van der Waals surface area contributed by atoms with E-state index in [9.17, 15) is 8.42 Å². The zero-order valence-corrected chi connectivity index (χ0v) is 11.2. The number of rotatable bonds is 5. The molecule has 0 atom stereocenters. The van der Waals surface area contributed by atoms with Crippen LogP contribution in [0, 0.1) is 0 Å². The Kier molecular flexibility index (Phi) is 4.57. The maximum absolute atomic E-state index is 10.8. The Morgan fingerprint density at radius 1 is 1.38 bits per heavy atom. The minimum Gasteiger partial charge on any atom is -0.397 e. The molecule has 90 valence electrons. The summed E-state index contributed by atoms with van der Waals surface area (Å²) in [6.07, 6.45) is 1.13. The van der Waals surface area contributed by atoms with E-state index in [4.69, 9.17) is 5.73 Å². The molecule has 0 radical (unpaired) electrons. The second kappa shape index (κ2) is 5.51. The first-order valence-electron chi connectivity index (χ1n) is 4.62. The molecule has 0 bridgehead atoms. The van der Waals surface area contributed by atoms with Crippen molar-refractivity contribution in [3.8, 4) is 0 Å². The van der Waals surface area contributed by atoms with E-state index in [-0.39, 0.29) is 0 Å². The van der Waals surface area contributed by atoms with Crippen LogP contribution >= 0.6 is 15.9 Å². The number of benzene rings is 1. The van der Waals surface area contributed by atoms with Crippen LogP contribution in [-0.2, 0) is 10.0 Å². The molecular formula is C9H14BrN3O2S. The first kappa shape index (κ1) is 13.3. The number of halogens is 1. The summed E-state index contributed by atoms with van der Waals surface area (Å²) in [7, 11) is -3.12. The number of nitrogen functional groups attached to an aromatic ring is 1. The maximum atomic E-state index is 10.8. The Balaban J connectivity index is 2.43. The van der Waals surface area contributed by atoms with Gasteiger partial charge in [0.1, 0.15) is 0 Å². The van der Waals surface area contributed by atoms with E-state index in [1.54, 1.807) is 6.07 Å². The number of nitrogens with two attached hydrogens (primary N) is 1. The SMILES string of the molecule is CS(=O)(=O)NCCNc1ccc(Br)cc1N. The summed E-state index contributed by atoms with van der Waals surface area (Å²) < 4.78 is 24.9. The van der Waals surface area contributed by atoms with E-state index in [2.05, 4.69) is 26.0 Å². The lowest BCUT2D eigenvalue weighted by Crippen LogP contribution is -2.27. The number of sulfonamides is 1. The van der Waals surface area contributed by atoms with Crippen molar-refractivity contribution in [2.45, 2.75) is 0 Å². The molecule has 7 heteroatoms. The van der Waals surface area contributed by atoms with E-state index in [1.807, 2.05) is 12.1 Å². The van der Waals surface area contributed by atoms with E-state index in [1.165, 1.54) is 0 Å². The average Bonchev–Trinajstić information content (AvgIpc) is 2.13. The van der Waals surface area contributed by atoms with Gasteiger partial charge in [0.2, 0.25) is 10.0 Å². The van der Waals surface area contributed by atoms with Crippen LogP contribution in [0.5, 0.6) is 0 Å². The Morgan fingerprint density at radius 2 is 2.06 bits per heavy atom. The summed E-state index contributed by atoms with van der Waals surface area (Å²) >= 11 is 3.30. The van der Waals surface area contributed by atoms with Crippen molar-refractivity contribution in [2.24, 2.45) is 0 Å². The van der Waals surface area contributed by atoms with E-state index < -0.39 is 10.0 Å². The highest BCUT2D eigenvalue weighted by Gasteiger charge is 2.01. The fraction of sp³-hybridized carbons (Fsp3) is 0.333. The van der Waals surface area contributed by atoms with Crippen LogP contribution in [-0.4, -0.2) is 27.8 Å². The smallest absolute Gasteiger partial charge is 0.208 e. The van der Waals surface area contributed by atoms with Crippen molar-refractivity contribution in [1.29, 1.82) is 0 Å². The summed E-state index contributed by atoms with van der Waals surface area (Å²) in [5.74, 6) is 0. The molecule has 0 unspecified atom stereocenters. The van der Waals surface area contributed by atoms with Gasteiger partial charge >= 0.3 is 0 Å². The van der Waals surface area contributed by atoms with E-state index >= 15 is 0 Å². The zero-order chi connectivity index (χ0) is 12.2. The van der Waals surface area contributed by atoms with E-state index in [0.717, 1.165) is 16.4 Å². The highest BCUT2D eigenvalue weighted by Crippen LogP contribution is 2.22. The quantitative estimate of drug-likeness (QED) is 0.559. The fourth-order valence-corrected chi connectivity index (χ4v) is 1.98. The number of hydrogen-bond donors (Lipinski definition) is 3. The summed E-state index contributed by atoms with van der Waals surface area (Å²) in [6, 6.07) is 5.48. The van der Waals surface area contributed by atoms with Crippen LogP contribution in [0.1, 0.15) is 0 Å². The minimum atomic E-state index is -3.12. The van der Waals surface area contributed by atoms with Crippen LogP contribution in [0.4, 0.5) is 11.4 Å². The normalized spacial score (nSPS) is 11.4. The first-order chi connectivity index (χ1) is 7.38. The molecule has 0 aliphatic rings. The average molecular weight is 308 g/mol. The molecule has 0 amide bonds. The molecule has 0 heterocycles. The zero-order valence-electron chi connectivity index (χ0n) is 8.83. The van der Waals surface area contributed by atoms with E-state index in [0.29, 0.717) is 18.8 Å². The second-order valence-electron chi connectivity index (χ2n) is 3.32. The molecule has 0 saturated heterocycles. The number of hydrogen-bond acceptors (Lipinski definition) is 4. The molecule has 0 aliphatic carbocycles. The maximum Gasteiger partial charge on any atom is 0.208 e. The van der Waals surface area contributed by atoms with Gasteiger partial charge in [-0.2, -0.15) is 0 Å². The predicted octanol–water partition coefficient (Wildman–Crippen LogP) is 0.992. The van der Waals surface area contributed by atoms with Gasteiger partial charge < -0.3 is 11.1 Å². The molecule has 5 nitrogen and oxygen atoms in total. The molecule has 0 fully saturated rings. The second-order valence-corrected chi connectivity index (χ2v) is 6.07. The molecule has 16 heavy (non-hydrogen) atoms. The van der Waals surface area contributed by atoms with Gasteiger partial charge in [0.15, 0.2) is 0 Å². The monoisotopic (exact) mass is 307 g/mol. The first-order valence-corrected chi connectivity index (χ1v) is 7.30. The number of nitrogens with one attached hydrogen (secondary N) is 2. The third kappa shape index (κ3) is 4.82. The summed E-state index contributed by atoms with van der Waals surface area (Å²) in [5.41, 5.74) is 7.17. The van der Waals surface area contributed by atoms with Gasteiger partial charge in [-0.15, -0.1) is 0 Å². The van der Waals surface area contributed by atoms with Crippen LogP contribution in [0.25, 0.3) is 0 Å². The Labute approximate surface area is 104 Å². The predicted molar refractivity (Wildman–Crippen MR) is 69.9 cm³/mol. The highest BCUT2D eigenvalue weighted by molar-refractivity contribution is 9.10. The van der Waals surface area contributed by atoms with Crippen LogP contribution in [0.2, 0.25) is 0 Å². The minimum absolute atomic E-state index is 0.328. The molecule has 0 aliphatic heterocycles. The summed E-state index contributed by atoms with van der Waals surface area (Å²) in [6.45, 7) is 0.813. The van der Waals surface area contributed by atoms with Crippen molar-refractivity contribution in [1.82, 2.24) is 4.72 Å². The largest absolute Gasteiger partial charge is 0.397 e. The van der Waals surface area contributed by atoms with Crippen LogP contribution in [0.15, 0.2) is 22.7 Å². The Bertz CT molecular complexity index is 462. The van der Waals surface area contributed by atoms with Crippen molar-refractivity contribution in [3.05, 3.63) is 22.7 Å². The van der Waals surface area contributed by atoms with Gasteiger partial charge in [-0.1, -0.05) is 15.9 Å². The molecule has 0 spiro atoms. The Hall–Kier alpha value is -0.790. The molecule has 1 aromatic rings. The lowest BCUT2D eigenvalue weighted by atomic mass is 10.3. The lowest BCUT2D eigenvalue weighted by Gasteiger charge is -2.09. The van der Waals surface area contributed by atoms with Crippen molar-refractivity contribution in [2.75, 3.05) is 30.4 Å². The third-order valence-electron chi connectivity index (χ3n) is 1.82. The summed E-state index contributed by atoms with van der Waals surface area (Å²) in [5, 5.41) is 3.04. The van der Waals surface area contributed by atoms with Crippen molar-refractivity contribution >= 4 is 37.3 Å². The molecule has 0 aromatic heterocycles. The van der Waals surface area contributed by atoms with Crippen LogP contribution in [0.3, 0.4) is 0 Å². The topological polar surface area (TPSA) is 84.2 Å². The highest BCUT2D eigenvalue weighted by atomic mass is 79.9. The standard InChI is InChI=1S/C9H14BrN3O2S/c1-16(14,15)13-5-4-12-9-3-2-7(10)6-8(9)11/h2-3,6,12-13H,4-5,11H2,1H3. The fourth-order valence-electron chi connectivity index (χ4n) is 1.13. The summed E-state index contributed by atoms with van der Waals surface area (Å²) in [4.78, 5) is 0. The number of anilines is 2.